The lowest BCUT2D eigenvalue weighted by Gasteiger charge is -2.16. The van der Waals surface area contributed by atoms with Crippen molar-refractivity contribution in [1.82, 2.24) is 0 Å². The molecule has 3 heteroatoms. The van der Waals surface area contributed by atoms with Gasteiger partial charge in [-0.15, -0.1) is 0 Å². The number of Topliss-reactive ketones (excluding diaryl/α,β-unsaturated/α-hetero) is 1. The van der Waals surface area contributed by atoms with Crippen LogP contribution in [0.5, 0.6) is 0 Å². The highest BCUT2D eigenvalue weighted by molar-refractivity contribution is 6.34. The molecule has 0 saturated heterocycles. The van der Waals surface area contributed by atoms with Crippen LogP contribution in [0.3, 0.4) is 0 Å². The van der Waals surface area contributed by atoms with Gasteiger partial charge in [0, 0.05) is 5.92 Å². The summed E-state index contributed by atoms with van der Waals surface area (Å²) in [6, 6.07) is 0. The highest BCUT2D eigenvalue weighted by Crippen LogP contribution is 2.26. The molecular formula is C17H28O3. The lowest BCUT2D eigenvalue weighted by Crippen LogP contribution is -2.28. The lowest BCUT2D eigenvalue weighted by atomic mass is 10.0. The van der Waals surface area contributed by atoms with Crippen molar-refractivity contribution in [3.8, 4) is 0 Å². The molecule has 0 amide bonds. The Labute approximate surface area is 122 Å². The van der Waals surface area contributed by atoms with Crippen LogP contribution in [0.4, 0.5) is 0 Å². The van der Waals surface area contributed by atoms with Gasteiger partial charge in [-0.25, -0.2) is 4.79 Å². The first-order chi connectivity index (χ1) is 9.69. The fourth-order valence-electron chi connectivity index (χ4n) is 2.71. The maximum Gasteiger partial charge on any atom is 0.375 e. The van der Waals surface area contributed by atoms with Crippen LogP contribution in [0, 0.1) is 5.92 Å². The fraction of sp³-hybridized carbons (Fsp3) is 0.765. The second-order valence-electron chi connectivity index (χ2n) is 5.63. The molecule has 1 aliphatic carbocycles. The van der Waals surface area contributed by atoms with E-state index in [0.717, 1.165) is 57.8 Å². The van der Waals surface area contributed by atoms with Crippen molar-refractivity contribution in [1.29, 1.82) is 0 Å². The molecule has 1 aliphatic rings. The van der Waals surface area contributed by atoms with E-state index < -0.39 is 5.97 Å². The predicted molar refractivity (Wildman–Crippen MR) is 80.4 cm³/mol. The molecule has 20 heavy (non-hydrogen) atoms. The third-order valence-corrected chi connectivity index (χ3v) is 4.04. The van der Waals surface area contributed by atoms with Gasteiger partial charge in [0.25, 0.3) is 0 Å². The summed E-state index contributed by atoms with van der Waals surface area (Å²) in [5.74, 6) is -0.971. The second kappa shape index (κ2) is 9.73. The summed E-state index contributed by atoms with van der Waals surface area (Å²) in [5.41, 5.74) is 0. The number of unbranched alkanes of at least 4 members (excludes halogenated alkanes) is 2. The molecule has 1 fully saturated rings. The van der Waals surface area contributed by atoms with Crippen LogP contribution in [0.1, 0.15) is 71.6 Å². The average molecular weight is 280 g/mol. The van der Waals surface area contributed by atoms with E-state index in [1.165, 1.54) is 0 Å². The van der Waals surface area contributed by atoms with Gasteiger partial charge in [-0.3, -0.25) is 4.79 Å². The summed E-state index contributed by atoms with van der Waals surface area (Å²) in [6.45, 7) is 4.02. The van der Waals surface area contributed by atoms with Crippen molar-refractivity contribution < 1.29 is 14.3 Å². The summed E-state index contributed by atoms with van der Waals surface area (Å²) >= 11 is 0. The largest absolute Gasteiger partial charge is 0.457 e. The SMILES string of the molecule is CC=CCCCCC(CC)OC(=O)C(=O)C1CCCC1. The summed E-state index contributed by atoms with van der Waals surface area (Å²) in [5, 5.41) is 0. The van der Waals surface area contributed by atoms with Crippen LogP contribution in [-0.2, 0) is 14.3 Å². The van der Waals surface area contributed by atoms with Crippen molar-refractivity contribution >= 4 is 11.8 Å². The highest BCUT2D eigenvalue weighted by Gasteiger charge is 2.30. The van der Waals surface area contributed by atoms with E-state index in [9.17, 15) is 9.59 Å². The van der Waals surface area contributed by atoms with E-state index in [2.05, 4.69) is 12.2 Å². The number of carbonyl (C=O) groups is 2. The predicted octanol–water partition coefficient (Wildman–Crippen LogP) is 4.20. The molecule has 0 N–H and O–H groups in total. The molecule has 0 aromatic heterocycles. The summed E-state index contributed by atoms with van der Waals surface area (Å²) in [6.07, 6.45) is 12.8. The molecule has 1 unspecified atom stereocenters. The van der Waals surface area contributed by atoms with Gasteiger partial charge < -0.3 is 4.74 Å². The van der Waals surface area contributed by atoms with Gasteiger partial charge in [-0.05, 0) is 51.9 Å². The van der Waals surface area contributed by atoms with Crippen LogP contribution in [-0.4, -0.2) is 17.9 Å². The minimum Gasteiger partial charge on any atom is -0.457 e. The molecule has 0 spiro atoms. The number of ether oxygens (including phenoxy) is 1. The van der Waals surface area contributed by atoms with Gasteiger partial charge in [-0.2, -0.15) is 0 Å². The van der Waals surface area contributed by atoms with E-state index in [1.54, 1.807) is 0 Å². The van der Waals surface area contributed by atoms with Crippen LogP contribution < -0.4 is 0 Å². The van der Waals surface area contributed by atoms with Crippen molar-refractivity contribution in [3.05, 3.63) is 12.2 Å². The molecular weight excluding hydrogens is 252 g/mol. The molecule has 1 rings (SSSR count). The normalized spacial score (nSPS) is 17.5. The molecule has 3 nitrogen and oxygen atoms in total. The van der Waals surface area contributed by atoms with Crippen LogP contribution in [0.25, 0.3) is 0 Å². The number of hydrogen-bond donors (Lipinski definition) is 0. The summed E-state index contributed by atoms with van der Waals surface area (Å²) < 4.78 is 5.37. The standard InChI is InChI=1S/C17H28O3/c1-3-5-6-7-8-13-15(4-2)20-17(19)16(18)14-11-9-10-12-14/h3,5,14-15H,4,6-13H2,1-2H3. The Balaban J connectivity index is 2.27. The number of rotatable bonds is 9. The average Bonchev–Trinajstić information content (AvgIpc) is 2.98. The maximum atomic E-state index is 11.9. The van der Waals surface area contributed by atoms with Crippen LogP contribution in [0.2, 0.25) is 0 Å². The topological polar surface area (TPSA) is 43.4 Å². The zero-order valence-electron chi connectivity index (χ0n) is 12.9. The zero-order valence-corrected chi connectivity index (χ0v) is 12.9. The first kappa shape index (κ1) is 16.9. The van der Waals surface area contributed by atoms with E-state index in [4.69, 9.17) is 4.74 Å². The first-order valence-electron chi connectivity index (χ1n) is 8.05. The number of ketones is 1. The third-order valence-electron chi connectivity index (χ3n) is 4.04. The van der Waals surface area contributed by atoms with Gasteiger partial charge in [0.15, 0.2) is 0 Å². The van der Waals surface area contributed by atoms with Gasteiger partial charge in [0.05, 0.1) is 0 Å². The molecule has 1 atom stereocenters. The number of carbonyl (C=O) groups excluding carboxylic acids is 2. The number of esters is 1. The molecule has 1 saturated carbocycles. The molecule has 0 bridgehead atoms. The van der Waals surface area contributed by atoms with E-state index in [0.29, 0.717) is 0 Å². The number of hydrogen-bond acceptors (Lipinski definition) is 3. The Morgan fingerprint density at radius 2 is 1.95 bits per heavy atom. The van der Waals surface area contributed by atoms with E-state index in [-0.39, 0.29) is 17.8 Å². The van der Waals surface area contributed by atoms with Gasteiger partial charge >= 0.3 is 5.97 Å². The minimum absolute atomic E-state index is 0.0744. The molecule has 0 heterocycles. The molecule has 114 valence electrons. The minimum atomic E-state index is -0.600. The van der Waals surface area contributed by atoms with Gasteiger partial charge in [0.1, 0.15) is 6.10 Å². The summed E-state index contributed by atoms with van der Waals surface area (Å²) in [4.78, 5) is 23.8. The Bertz CT molecular complexity index is 327. The van der Waals surface area contributed by atoms with Crippen molar-refractivity contribution in [3.63, 3.8) is 0 Å². The zero-order chi connectivity index (χ0) is 14.8. The van der Waals surface area contributed by atoms with Crippen LogP contribution >= 0.6 is 0 Å². The van der Waals surface area contributed by atoms with Gasteiger partial charge in [0.2, 0.25) is 5.78 Å². The Kier molecular flexibility index (Phi) is 8.24. The maximum absolute atomic E-state index is 11.9. The summed E-state index contributed by atoms with van der Waals surface area (Å²) in [7, 11) is 0. The van der Waals surface area contributed by atoms with Crippen molar-refractivity contribution in [2.24, 2.45) is 5.92 Å². The third kappa shape index (κ3) is 5.89. The fourth-order valence-corrected chi connectivity index (χ4v) is 2.71. The van der Waals surface area contributed by atoms with E-state index in [1.807, 2.05) is 13.8 Å². The number of allylic oxidation sites excluding steroid dienone is 2. The molecule has 0 aromatic rings. The second-order valence-corrected chi connectivity index (χ2v) is 5.63. The van der Waals surface area contributed by atoms with Gasteiger partial charge in [-0.1, -0.05) is 31.9 Å². The Morgan fingerprint density at radius 3 is 2.55 bits per heavy atom. The first-order valence-corrected chi connectivity index (χ1v) is 8.05. The molecule has 0 radical (unpaired) electrons. The quantitative estimate of drug-likeness (QED) is 0.275. The smallest absolute Gasteiger partial charge is 0.375 e. The molecule has 0 aliphatic heterocycles. The van der Waals surface area contributed by atoms with E-state index >= 15 is 0 Å². The highest BCUT2D eigenvalue weighted by atomic mass is 16.5. The molecule has 0 aromatic carbocycles. The lowest BCUT2D eigenvalue weighted by molar-refractivity contribution is -0.160. The Hall–Kier alpha value is -1.12. The van der Waals surface area contributed by atoms with Crippen molar-refractivity contribution in [2.75, 3.05) is 0 Å². The Morgan fingerprint density at radius 1 is 1.25 bits per heavy atom. The van der Waals surface area contributed by atoms with Crippen molar-refractivity contribution in [2.45, 2.75) is 77.7 Å². The monoisotopic (exact) mass is 280 g/mol. The van der Waals surface area contributed by atoms with Crippen LogP contribution in [0.15, 0.2) is 12.2 Å².